The van der Waals surface area contributed by atoms with Gasteiger partial charge in [-0.05, 0) is 50.3 Å². The van der Waals surface area contributed by atoms with Crippen LogP contribution in [0, 0.1) is 5.92 Å². The molecule has 3 aromatic rings. The molecule has 30 heavy (non-hydrogen) atoms. The topological polar surface area (TPSA) is 76.8 Å². The second kappa shape index (κ2) is 9.00. The largest absolute Gasteiger partial charge is 0.492 e. The lowest BCUT2D eigenvalue weighted by Crippen LogP contribution is -2.32. The van der Waals surface area contributed by atoms with Gasteiger partial charge in [-0.15, -0.1) is 0 Å². The number of aromatic nitrogens is 1. The molecule has 0 saturated heterocycles. The maximum absolute atomic E-state index is 12.9. The number of likely N-dealkylation sites (N-methyl/N-ethyl adjacent to an activating group) is 1. The normalized spacial score (nSPS) is 15.4. The number of anilines is 1. The molecule has 1 atom stereocenters. The number of para-hydroxylation sites is 1. The van der Waals surface area contributed by atoms with E-state index in [4.69, 9.17) is 13.9 Å². The molecule has 0 bridgehead atoms. The highest BCUT2D eigenvalue weighted by atomic mass is 16.5. The molecule has 1 aliphatic heterocycles. The first kappa shape index (κ1) is 20.0. The van der Waals surface area contributed by atoms with Gasteiger partial charge >= 0.3 is 0 Å². The van der Waals surface area contributed by atoms with Gasteiger partial charge in [0, 0.05) is 12.1 Å². The summed E-state index contributed by atoms with van der Waals surface area (Å²) < 4.78 is 17.1. The summed E-state index contributed by atoms with van der Waals surface area (Å²) >= 11 is 0. The van der Waals surface area contributed by atoms with Gasteiger partial charge in [0.25, 0.3) is 0 Å². The van der Waals surface area contributed by atoms with Crippen molar-refractivity contribution in [1.82, 2.24) is 9.88 Å². The van der Waals surface area contributed by atoms with Gasteiger partial charge in [0.2, 0.25) is 5.91 Å². The second-order valence-corrected chi connectivity index (χ2v) is 7.54. The molecular formula is C23H25N3O4. The Kier molecular flexibility index (Phi) is 5.99. The van der Waals surface area contributed by atoms with E-state index in [1.165, 1.54) is 6.39 Å². The summed E-state index contributed by atoms with van der Waals surface area (Å²) in [5.41, 5.74) is 2.51. The van der Waals surface area contributed by atoms with Crippen LogP contribution in [0.25, 0.3) is 11.3 Å². The van der Waals surface area contributed by atoms with Crippen LogP contribution >= 0.6 is 0 Å². The fraction of sp³-hybridized carbons (Fsp3) is 0.304. The Morgan fingerprint density at radius 2 is 2.13 bits per heavy atom. The van der Waals surface area contributed by atoms with E-state index in [9.17, 15) is 4.79 Å². The minimum Gasteiger partial charge on any atom is -0.492 e. The van der Waals surface area contributed by atoms with Gasteiger partial charge in [-0.3, -0.25) is 4.79 Å². The first-order valence-electron chi connectivity index (χ1n) is 9.92. The van der Waals surface area contributed by atoms with Crippen molar-refractivity contribution in [1.29, 1.82) is 0 Å². The highest BCUT2D eigenvalue weighted by molar-refractivity contribution is 5.94. The van der Waals surface area contributed by atoms with E-state index >= 15 is 0 Å². The molecule has 2 heterocycles. The standard InChI is InChI=1S/C23H25N3O4/c1-26(2)9-10-28-21-12-17(22-13-24-15-30-22)7-8-19(21)25-23(27)18-11-16-5-3-4-6-20(16)29-14-18/h3-8,12-13,15,18H,9-11,14H2,1-2H3,(H,25,27)/t18-/m1/s1. The number of oxazole rings is 1. The molecule has 0 aliphatic carbocycles. The van der Waals surface area contributed by atoms with Gasteiger partial charge in [0.15, 0.2) is 12.2 Å². The van der Waals surface area contributed by atoms with Crippen LogP contribution in [0.4, 0.5) is 5.69 Å². The summed E-state index contributed by atoms with van der Waals surface area (Å²) in [7, 11) is 3.97. The lowest BCUT2D eigenvalue weighted by molar-refractivity contribution is -0.121. The maximum Gasteiger partial charge on any atom is 0.231 e. The highest BCUT2D eigenvalue weighted by Gasteiger charge is 2.26. The third-order valence-corrected chi connectivity index (χ3v) is 5.00. The highest BCUT2D eigenvalue weighted by Crippen LogP contribution is 2.32. The molecule has 4 rings (SSSR count). The number of rotatable bonds is 7. The quantitative estimate of drug-likeness (QED) is 0.646. The summed E-state index contributed by atoms with van der Waals surface area (Å²) in [6, 6.07) is 13.4. The second-order valence-electron chi connectivity index (χ2n) is 7.54. The van der Waals surface area contributed by atoms with Crippen molar-refractivity contribution in [3.8, 4) is 22.8 Å². The van der Waals surface area contributed by atoms with Crippen molar-refractivity contribution in [2.24, 2.45) is 5.92 Å². The zero-order valence-corrected chi connectivity index (χ0v) is 17.1. The average molecular weight is 407 g/mol. The number of hydrogen-bond donors (Lipinski definition) is 1. The van der Waals surface area contributed by atoms with Crippen LogP contribution in [0.15, 0.2) is 59.5 Å². The number of carbonyl (C=O) groups is 1. The minimum absolute atomic E-state index is 0.0885. The van der Waals surface area contributed by atoms with Crippen LogP contribution in [0.1, 0.15) is 5.56 Å². The van der Waals surface area contributed by atoms with Crippen molar-refractivity contribution in [3.63, 3.8) is 0 Å². The van der Waals surface area contributed by atoms with E-state index in [1.54, 1.807) is 6.20 Å². The fourth-order valence-electron chi connectivity index (χ4n) is 3.33. The molecule has 1 amide bonds. The maximum atomic E-state index is 12.9. The van der Waals surface area contributed by atoms with E-state index in [2.05, 4.69) is 10.3 Å². The van der Waals surface area contributed by atoms with Crippen LogP contribution in [0.3, 0.4) is 0 Å². The van der Waals surface area contributed by atoms with Gasteiger partial charge < -0.3 is 24.1 Å². The molecule has 7 nitrogen and oxygen atoms in total. The van der Waals surface area contributed by atoms with Gasteiger partial charge in [-0.1, -0.05) is 18.2 Å². The fourth-order valence-corrected chi connectivity index (χ4v) is 3.33. The molecule has 0 spiro atoms. The summed E-state index contributed by atoms with van der Waals surface area (Å²) in [5, 5.41) is 3.02. The van der Waals surface area contributed by atoms with Gasteiger partial charge in [-0.25, -0.2) is 4.98 Å². The molecule has 0 radical (unpaired) electrons. The van der Waals surface area contributed by atoms with E-state index < -0.39 is 0 Å². The van der Waals surface area contributed by atoms with Gasteiger partial charge in [0.05, 0.1) is 17.8 Å². The zero-order chi connectivity index (χ0) is 20.9. The molecule has 0 saturated carbocycles. The van der Waals surface area contributed by atoms with Gasteiger partial charge in [-0.2, -0.15) is 0 Å². The molecule has 156 valence electrons. The Balaban J connectivity index is 1.51. The monoisotopic (exact) mass is 407 g/mol. The minimum atomic E-state index is -0.261. The number of ether oxygens (including phenoxy) is 2. The molecule has 7 heteroatoms. The van der Waals surface area contributed by atoms with E-state index in [1.807, 2.05) is 61.5 Å². The Bertz CT molecular complexity index is 1000. The number of amides is 1. The molecule has 1 N–H and O–H groups in total. The number of hydrogen-bond acceptors (Lipinski definition) is 6. The molecule has 2 aromatic carbocycles. The first-order valence-corrected chi connectivity index (χ1v) is 9.92. The van der Waals surface area contributed by atoms with Crippen molar-refractivity contribution in [3.05, 3.63) is 60.6 Å². The zero-order valence-electron chi connectivity index (χ0n) is 17.1. The van der Waals surface area contributed by atoms with Crippen LogP contribution in [-0.2, 0) is 11.2 Å². The Morgan fingerprint density at radius 3 is 2.93 bits per heavy atom. The summed E-state index contributed by atoms with van der Waals surface area (Å²) in [5.74, 6) is 1.74. The summed E-state index contributed by atoms with van der Waals surface area (Å²) in [6.45, 7) is 1.61. The van der Waals surface area contributed by atoms with Crippen LogP contribution in [0.2, 0.25) is 0 Å². The smallest absolute Gasteiger partial charge is 0.231 e. The predicted octanol–water partition coefficient (Wildman–Crippen LogP) is 3.47. The third kappa shape index (κ3) is 4.63. The van der Waals surface area contributed by atoms with Crippen LogP contribution in [-0.4, -0.2) is 49.6 Å². The SMILES string of the molecule is CN(C)CCOc1cc(-c2cnco2)ccc1NC(=O)[C@H]1COc2ccccc2C1. The number of nitrogens with one attached hydrogen (secondary N) is 1. The average Bonchev–Trinajstić information content (AvgIpc) is 3.29. The summed E-state index contributed by atoms with van der Waals surface area (Å²) in [4.78, 5) is 18.9. The number of carbonyl (C=O) groups excluding carboxylic acids is 1. The number of benzene rings is 2. The predicted molar refractivity (Wildman–Crippen MR) is 114 cm³/mol. The Morgan fingerprint density at radius 1 is 1.27 bits per heavy atom. The van der Waals surface area contributed by atoms with Crippen molar-refractivity contribution < 1.29 is 18.7 Å². The molecule has 1 aromatic heterocycles. The Hall–Kier alpha value is -3.32. The van der Waals surface area contributed by atoms with Crippen LogP contribution < -0.4 is 14.8 Å². The molecule has 0 fully saturated rings. The van der Waals surface area contributed by atoms with Crippen LogP contribution in [0.5, 0.6) is 11.5 Å². The summed E-state index contributed by atoms with van der Waals surface area (Å²) in [6.07, 6.45) is 3.68. The van der Waals surface area contributed by atoms with E-state index in [-0.39, 0.29) is 11.8 Å². The molecular weight excluding hydrogens is 382 g/mol. The number of fused-ring (bicyclic) bond motifs is 1. The van der Waals surface area contributed by atoms with Crippen molar-refractivity contribution >= 4 is 11.6 Å². The Labute approximate surface area is 175 Å². The number of nitrogens with zero attached hydrogens (tertiary/aromatic N) is 2. The van der Waals surface area contributed by atoms with Gasteiger partial charge in [0.1, 0.15) is 24.7 Å². The lowest BCUT2D eigenvalue weighted by atomic mass is 9.96. The first-order chi connectivity index (χ1) is 14.6. The van der Waals surface area contributed by atoms with Crippen molar-refractivity contribution in [2.75, 3.05) is 39.2 Å². The van der Waals surface area contributed by atoms with Crippen molar-refractivity contribution in [2.45, 2.75) is 6.42 Å². The van der Waals surface area contributed by atoms with E-state index in [0.29, 0.717) is 36.8 Å². The lowest BCUT2D eigenvalue weighted by Gasteiger charge is -2.25. The molecule has 0 unspecified atom stereocenters. The molecule has 1 aliphatic rings. The third-order valence-electron chi connectivity index (χ3n) is 5.00. The van der Waals surface area contributed by atoms with E-state index in [0.717, 1.165) is 23.4 Å².